The van der Waals surface area contributed by atoms with Crippen molar-refractivity contribution in [2.45, 2.75) is 52.4 Å². The summed E-state index contributed by atoms with van der Waals surface area (Å²) in [7, 11) is 0. The van der Waals surface area contributed by atoms with Crippen LogP contribution in [0.2, 0.25) is 0 Å². The molecule has 0 amide bonds. The van der Waals surface area contributed by atoms with E-state index in [1.54, 1.807) is 0 Å². The Bertz CT molecular complexity index is 539. The van der Waals surface area contributed by atoms with Crippen LogP contribution in [0, 0.1) is 0 Å². The van der Waals surface area contributed by atoms with Crippen LogP contribution < -0.4 is 0 Å². The fourth-order valence-corrected chi connectivity index (χ4v) is 1.89. The molecule has 0 aliphatic rings. The van der Waals surface area contributed by atoms with E-state index in [9.17, 15) is 0 Å². The maximum absolute atomic E-state index is 4.66. The van der Waals surface area contributed by atoms with Gasteiger partial charge in [-0.15, -0.1) is 0 Å². The molecule has 0 radical (unpaired) electrons. The highest BCUT2D eigenvalue weighted by Crippen LogP contribution is 2.29. The lowest BCUT2D eigenvalue weighted by molar-refractivity contribution is 0.571. The van der Waals surface area contributed by atoms with Crippen LogP contribution in [0.15, 0.2) is 12.1 Å². The van der Waals surface area contributed by atoms with Crippen molar-refractivity contribution in [2.24, 2.45) is 0 Å². The van der Waals surface area contributed by atoms with Gasteiger partial charge in [-0.1, -0.05) is 41.5 Å². The zero-order valence-corrected chi connectivity index (χ0v) is 11.5. The second-order valence-corrected chi connectivity index (χ2v) is 6.66. The molecule has 1 N–H and O–H groups in total. The standard InChI is InChI=1S/C14H21N3/c1-13(2,3)10-8-7-9-11(14(4,5)6)16-17-12(9)15-10/h7-8H,1-6H3,(H,15,16,17). The fraction of sp³-hybridized carbons (Fsp3) is 0.571. The molecule has 92 valence electrons. The van der Waals surface area contributed by atoms with Gasteiger partial charge in [-0.3, -0.25) is 5.10 Å². The zero-order valence-electron chi connectivity index (χ0n) is 11.5. The number of aromatic nitrogens is 3. The van der Waals surface area contributed by atoms with Crippen LogP contribution >= 0.6 is 0 Å². The molecule has 0 saturated carbocycles. The van der Waals surface area contributed by atoms with Crippen molar-refractivity contribution < 1.29 is 0 Å². The van der Waals surface area contributed by atoms with E-state index in [0.29, 0.717) is 0 Å². The maximum atomic E-state index is 4.66. The molecular formula is C14H21N3. The molecule has 0 fully saturated rings. The molecule has 2 aromatic rings. The van der Waals surface area contributed by atoms with E-state index in [-0.39, 0.29) is 10.8 Å². The third-order valence-electron chi connectivity index (χ3n) is 2.90. The third kappa shape index (κ3) is 2.19. The Kier molecular flexibility index (Phi) is 2.53. The summed E-state index contributed by atoms with van der Waals surface area (Å²) in [6.07, 6.45) is 0. The summed E-state index contributed by atoms with van der Waals surface area (Å²) >= 11 is 0. The number of H-pyrrole nitrogens is 1. The summed E-state index contributed by atoms with van der Waals surface area (Å²) in [5.41, 5.74) is 3.18. The van der Waals surface area contributed by atoms with Gasteiger partial charge >= 0.3 is 0 Å². The molecule has 3 heteroatoms. The van der Waals surface area contributed by atoms with Crippen molar-refractivity contribution in [3.8, 4) is 0 Å². The molecule has 0 aromatic carbocycles. The molecule has 0 atom stereocenters. The van der Waals surface area contributed by atoms with Crippen molar-refractivity contribution in [1.82, 2.24) is 15.2 Å². The van der Waals surface area contributed by atoms with Crippen molar-refractivity contribution >= 4 is 11.0 Å². The van der Waals surface area contributed by atoms with Crippen LogP contribution in [-0.4, -0.2) is 15.2 Å². The number of nitrogens with one attached hydrogen (secondary N) is 1. The van der Waals surface area contributed by atoms with Crippen LogP contribution in [0.4, 0.5) is 0 Å². The Morgan fingerprint density at radius 3 is 2.12 bits per heavy atom. The predicted molar refractivity (Wildman–Crippen MR) is 71.3 cm³/mol. The zero-order chi connectivity index (χ0) is 12.8. The topological polar surface area (TPSA) is 41.6 Å². The lowest BCUT2D eigenvalue weighted by Gasteiger charge is -2.18. The first-order chi connectivity index (χ1) is 7.69. The van der Waals surface area contributed by atoms with E-state index < -0.39 is 0 Å². The fourth-order valence-electron chi connectivity index (χ4n) is 1.89. The molecule has 0 aliphatic heterocycles. The minimum atomic E-state index is 0.0448. The SMILES string of the molecule is CC(C)(C)c1ccc2c(C(C)(C)C)n[nH]c2n1. The van der Waals surface area contributed by atoms with E-state index in [1.165, 1.54) is 0 Å². The van der Waals surface area contributed by atoms with Crippen molar-refractivity contribution in [1.29, 1.82) is 0 Å². The highest BCUT2D eigenvalue weighted by atomic mass is 15.2. The van der Waals surface area contributed by atoms with Gasteiger partial charge in [0.2, 0.25) is 0 Å². The number of fused-ring (bicyclic) bond motifs is 1. The van der Waals surface area contributed by atoms with Gasteiger partial charge in [0, 0.05) is 21.9 Å². The van der Waals surface area contributed by atoms with Crippen molar-refractivity contribution in [2.75, 3.05) is 0 Å². The van der Waals surface area contributed by atoms with Gasteiger partial charge in [-0.2, -0.15) is 5.10 Å². The van der Waals surface area contributed by atoms with E-state index in [4.69, 9.17) is 0 Å². The average Bonchev–Trinajstić information content (AvgIpc) is 2.57. The maximum Gasteiger partial charge on any atom is 0.155 e. The van der Waals surface area contributed by atoms with Crippen molar-refractivity contribution in [3.63, 3.8) is 0 Å². The highest BCUT2D eigenvalue weighted by Gasteiger charge is 2.22. The van der Waals surface area contributed by atoms with Crippen LogP contribution in [0.5, 0.6) is 0 Å². The molecule has 2 aromatic heterocycles. The smallest absolute Gasteiger partial charge is 0.155 e. The van der Waals surface area contributed by atoms with Gasteiger partial charge in [-0.05, 0) is 12.1 Å². The number of pyridine rings is 1. The molecular weight excluding hydrogens is 210 g/mol. The number of hydrogen-bond acceptors (Lipinski definition) is 2. The minimum Gasteiger partial charge on any atom is -0.261 e. The summed E-state index contributed by atoms with van der Waals surface area (Å²) in [6, 6.07) is 4.24. The monoisotopic (exact) mass is 231 g/mol. The Morgan fingerprint density at radius 1 is 0.941 bits per heavy atom. The van der Waals surface area contributed by atoms with Gasteiger partial charge in [0.15, 0.2) is 5.65 Å². The largest absolute Gasteiger partial charge is 0.261 e. The van der Waals surface area contributed by atoms with Gasteiger partial charge < -0.3 is 0 Å². The third-order valence-corrected chi connectivity index (χ3v) is 2.90. The molecule has 0 saturated heterocycles. The van der Waals surface area contributed by atoms with Crippen LogP contribution in [-0.2, 0) is 10.8 Å². The summed E-state index contributed by atoms with van der Waals surface area (Å²) in [5, 5.41) is 8.58. The summed E-state index contributed by atoms with van der Waals surface area (Å²) in [6.45, 7) is 13.0. The lowest BCUT2D eigenvalue weighted by Crippen LogP contribution is -2.14. The van der Waals surface area contributed by atoms with E-state index in [2.05, 4.69) is 68.9 Å². The first-order valence-corrected chi connectivity index (χ1v) is 6.06. The molecule has 17 heavy (non-hydrogen) atoms. The molecule has 0 bridgehead atoms. The Labute approximate surface area is 103 Å². The lowest BCUT2D eigenvalue weighted by atomic mass is 9.89. The average molecular weight is 231 g/mol. The van der Waals surface area contributed by atoms with E-state index in [1.807, 2.05) is 0 Å². The van der Waals surface area contributed by atoms with Gasteiger partial charge in [0.1, 0.15) is 0 Å². The van der Waals surface area contributed by atoms with Crippen LogP contribution in [0.1, 0.15) is 52.9 Å². The Hall–Kier alpha value is -1.38. The van der Waals surface area contributed by atoms with Crippen LogP contribution in [0.25, 0.3) is 11.0 Å². The van der Waals surface area contributed by atoms with E-state index >= 15 is 0 Å². The molecule has 0 aliphatic carbocycles. The first kappa shape index (κ1) is 12.1. The second kappa shape index (κ2) is 3.56. The van der Waals surface area contributed by atoms with Gasteiger partial charge in [-0.25, -0.2) is 4.98 Å². The number of rotatable bonds is 0. The summed E-state index contributed by atoms with van der Waals surface area (Å²) in [5.74, 6) is 0. The number of aromatic amines is 1. The van der Waals surface area contributed by atoms with Gasteiger partial charge in [0.25, 0.3) is 0 Å². The summed E-state index contributed by atoms with van der Waals surface area (Å²) < 4.78 is 0. The normalized spacial score (nSPS) is 13.3. The highest BCUT2D eigenvalue weighted by molar-refractivity contribution is 5.79. The quantitative estimate of drug-likeness (QED) is 0.753. The van der Waals surface area contributed by atoms with Gasteiger partial charge in [0.05, 0.1) is 5.69 Å². The number of nitrogens with zero attached hydrogens (tertiary/aromatic N) is 2. The van der Waals surface area contributed by atoms with Crippen LogP contribution in [0.3, 0.4) is 0 Å². The predicted octanol–water partition coefficient (Wildman–Crippen LogP) is 3.55. The number of hydrogen-bond donors (Lipinski definition) is 1. The first-order valence-electron chi connectivity index (χ1n) is 6.06. The van der Waals surface area contributed by atoms with Crippen molar-refractivity contribution in [3.05, 3.63) is 23.5 Å². The Balaban J connectivity index is 2.61. The molecule has 2 heterocycles. The molecule has 0 spiro atoms. The minimum absolute atomic E-state index is 0.0448. The molecule has 3 nitrogen and oxygen atoms in total. The van der Waals surface area contributed by atoms with E-state index in [0.717, 1.165) is 22.4 Å². The molecule has 2 rings (SSSR count). The second-order valence-electron chi connectivity index (χ2n) is 6.66. The summed E-state index contributed by atoms with van der Waals surface area (Å²) in [4.78, 5) is 4.66. The Morgan fingerprint density at radius 2 is 1.59 bits per heavy atom. The molecule has 0 unspecified atom stereocenters.